The van der Waals surface area contributed by atoms with Gasteiger partial charge in [0.25, 0.3) is 11.8 Å². The summed E-state index contributed by atoms with van der Waals surface area (Å²) in [6, 6.07) is 6.64. The van der Waals surface area contributed by atoms with E-state index in [0.29, 0.717) is 17.4 Å². The van der Waals surface area contributed by atoms with E-state index in [1.807, 2.05) is 19.1 Å². The first-order valence-corrected chi connectivity index (χ1v) is 10.8. The number of nitrogens with one attached hydrogen (secondary N) is 2. The second-order valence-corrected chi connectivity index (χ2v) is 8.91. The normalized spacial score (nSPS) is 28.3. The molecule has 168 valence electrons. The van der Waals surface area contributed by atoms with Gasteiger partial charge in [-0.25, -0.2) is 4.79 Å². The molecular weight excluding hydrogens is 398 g/mol. The number of imide groups is 1. The third kappa shape index (κ3) is 4.89. The summed E-state index contributed by atoms with van der Waals surface area (Å²) in [4.78, 5) is 50.5. The number of benzene rings is 1. The zero-order valence-electron chi connectivity index (χ0n) is 18.6. The zero-order chi connectivity index (χ0) is 22.8. The number of nitrogens with zero attached hydrogens (tertiary/aromatic N) is 1. The highest BCUT2D eigenvalue weighted by atomic mass is 16.5. The van der Waals surface area contributed by atoms with E-state index in [4.69, 9.17) is 4.74 Å². The van der Waals surface area contributed by atoms with Crippen molar-refractivity contribution in [2.45, 2.75) is 58.5 Å². The standard InChI is InChI=1S/C23H31N3O5/c1-14-8-10-17(11-9-14)23(4)21(29)26(22(30)25-23)12-20(28)31-13-19(27)24-18-7-5-6-15(2)16(18)3/h8-11,15-16,18H,5-7,12-13H2,1-4H3,(H,24,27)(H,25,30)/t15-,16-,18-,23-/m0/s1. The van der Waals surface area contributed by atoms with Crippen LogP contribution in [0.2, 0.25) is 0 Å². The lowest BCUT2D eigenvalue weighted by Crippen LogP contribution is -2.45. The van der Waals surface area contributed by atoms with Crippen molar-refractivity contribution in [1.29, 1.82) is 0 Å². The van der Waals surface area contributed by atoms with Crippen molar-refractivity contribution in [3.05, 3.63) is 35.4 Å². The van der Waals surface area contributed by atoms with Crippen LogP contribution >= 0.6 is 0 Å². The van der Waals surface area contributed by atoms with Crippen LogP contribution in [0.3, 0.4) is 0 Å². The van der Waals surface area contributed by atoms with Crippen molar-refractivity contribution in [2.75, 3.05) is 13.2 Å². The summed E-state index contributed by atoms with van der Waals surface area (Å²) in [5, 5.41) is 5.58. The molecule has 1 saturated carbocycles. The van der Waals surface area contributed by atoms with Crippen LogP contribution in [0, 0.1) is 18.8 Å². The van der Waals surface area contributed by atoms with E-state index in [1.165, 1.54) is 0 Å². The molecular formula is C23H31N3O5. The predicted molar refractivity (Wildman–Crippen MR) is 114 cm³/mol. The number of amides is 4. The molecule has 0 spiro atoms. The number of ether oxygens (including phenoxy) is 1. The highest BCUT2D eigenvalue weighted by Gasteiger charge is 2.49. The molecule has 1 aromatic rings. The average molecular weight is 430 g/mol. The SMILES string of the molecule is Cc1ccc([C@]2(C)NC(=O)N(CC(=O)OCC(=O)N[C@H]3CCC[C@H](C)[C@@H]3C)C2=O)cc1. The van der Waals surface area contributed by atoms with E-state index >= 15 is 0 Å². The summed E-state index contributed by atoms with van der Waals surface area (Å²) in [7, 11) is 0. The number of carbonyl (C=O) groups is 4. The van der Waals surface area contributed by atoms with Gasteiger partial charge in [0.2, 0.25) is 0 Å². The monoisotopic (exact) mass is 429 g/mol. The Bertz CT molecular complexity index is 868. The van der Waals surface area contributed by atoms with Crippen LogP contribution in [0.5, 0.6) is 0 Å². The number of carbonyl (C=O) groups excluding carboxylic acids is 4. The van der Waals surface area contributed by atoms with Gasteiger partial charge in [-0.2, -0.15) is 0 Å². The topological polar surface area (TPSA) is 105 Å². The van der Waals surface area contributed by atoms with Gasteiger partial charge in [-0.05, 0) is 37.7 Å². The van der Waals surface area contributed by atoms with Gasteiger partial charge in [-0.3, -0.25) is 19.3 Å². The van der Waals surface area contributed by atoms with E-state index in [0.717, 1.165) is 29.7 Å². The van der Waals surface area contributed by atoms with Crippen LogP contribution in [-0.4, -0.2) is 47.9 Å². The van der Waals surface area contributed by atoms with Gasteiger partial charge in [-0.1, -0.05) is 56.5 Å². The molecule has 2 N–H and O–H groups in total. The molecule has 1 aliphatic carbocycles. The molecule has 8 nitrogen and oxygen atoms in total. The van der Waals surface area contributed by atoms with Crippen molar-refractivity contribution in [3.8, 4) is 0 Å². The third-order valence-electron chi connectivity index (χ3n) is 6.61. The minimum atomic E-state index is -1.25. The molecule has 1 aliphatic heterocycles. The molecule has 1 heterocycles. The summed E-state index contributed by atoms with van der Waals surface area (Å²) < 4.78 is 5.03. The Morgan fingerprint density at radius 3 is 2.55 bits per heavy atom. The second-order valence-electron chi connectivity index (χ2n) is 8.91. The van der Waals surface area contributed by atoms with Gasteiger partial charge in [0.05, 0.1) is 0 Å². The number of urea groups is 1. The molecule has 31 heavy (non-hydrogen) atoms. The highest BCUT2D eigenvalue weighted by Crippen LogP contribution is 2.30. The summed E-state index contributed by atoms with van der Waals surface area (Å²) in [5.74, 6) is -0.825. The first-order valence-electron chi connectivity index (χ1n) is 10.8. The van der Waals surface area contributed by atoms with Gasteiger partial charge in [0.1, 0.15) is 12.1 Å². The minimum Gasteiger partial charge on any atom is -0.454 e. The molecule has 4 atom stereocenters. The number of aryl methyl sites for hydroxylation is 1. The molecule has 3 rings (SSSR count). The van der Waals surface area contributed by atoms with Crippen molar-refractivity contribution in [2.24, 2.45) is 11.8 Å². The summed E-state index contributed by atoms with van der Waals surface area (Å²) in [6.45, 7) is 6.83. The molecule has 2 fully saturated rings. The molecule has 0 unspecified atom stereocenters. The van der Waals surface area contributed by atoms with E-state index in [-0.39, 0.29) is 11.9 Å². The van der Waals surface area contributed by atoms with E-state index in [9.17, 15) is 19.2 Å². The molecule has 2 aliphatic rings. The lowest BCUT2D eigenvalue weighted by molar-refractivity contribution is -0.151. The number of hydrogen-bond acceptors (Lipinski definition) is 5. The predicted octanol–water partition coefficient (Wildman–Crippen LogP) is 2.25. The van der Waals surface area contributed by atoms with Gasteiger partial charge in [0.15, 0.2) is 6.61 Å². The second kappa shape index (κ2) is 9.08. The fraction of sp³-hybridized carbons (Fsp3) is 0.565. The van der Waals surface area contributed by atoms with Gasteiger partial charge in [-0.15, -0.1) is 0 Å². The Morgan fingerprint density at radius 1 is 1.19 bits per heavy atom. The van der Waals surface area contributed by atoms with Crippen LogP contribution in [0.1, 0.15) is 51.2 Å². The van der Waals surface area contributed by atoms with Gasteiger partial charge < -0.3 is 15.4 Å². The first-order chi connectivity index (χ1) is 14.6. The molecule has 0 aromatic heterocycles. The molecule has 8 heteroatoms. The Kier molecular flexibility index (Phi) is 6.67. The molecule has 0 radical (unpaired) electrons. The number of hydrogen-bond donors (Lipinski definition) is 2. The Hall–Kier alpha value is -2.90. The number of esters is 1. The van der Waals surface area contributed by atoms with Crippen LogP contribution < -0.4 is 10.6 Å². The molecule has 1 aromatic carbocycles. The highest BCUT2D eigenvalue weighted by molar-refractivity contribution is 6.08. The quantitative estimate of drug-likeness (QED) is 0.533. The Balaban J connectivity index is 1.53. The average Bonchev–Trinajstić information content (AvgIpc) is 2.94. The lowest BCUT2D eigenvalue weighted by Gasteiger charge is -2.34. The lowest BCUT2D eigenvalue weighted by atomic mass is 9.78. The third-order valence-corrected chi connectivity index (χ3v) is 6.61. The zero-order valence-corrected chi connectivity index (χ0v) is 18.6. The van der Waals surface area contributed by atoms with Gasteiger partial charge >= 0.3 is 12.0 Å². The van der Waals surface area contributed by atoms with Crippen molar-refractivity contribution >= 4 is 23.8 Å². The van der Waals surface area contributed by atoms with E-state index in [2.05, 4.69) is 24.5 Å². The van der Waals surface area contributed by atoms with Crippen molar-refractivity contribution in [3.63, 3.8) is 0 Å². The summed E-state index contributed by atoms with van der Waals surface area (Å²) >= 11 is 0. The Morgan fingerprint density at radius 2 is 1.87 bits per heavy atom. The van der Waals surface area contributed by atoms with E-state index in [1.54, 1.807) is 19.1 Å². The maximum absolute atomic E-state index is 12.9. The van der Waals surface area contributed by atoms with Crippen LogP contribution in [0.25, 0.3) is 0 Å². The first kappa shape index (κ1) is 22.8. The maximum Gasteiger partial charge on any atom is 0.326 e. The summed E-state index contributed by atoms with van der Waals surface area (Å²) in [6.07, 6.45) is 3.11. The fourth-order valence-electron chi connectivity index (χ4n) is 4.28. The molecule has 0 bridgehead atoms. The summed E-state index contributed by atoms with van der Waals surface area (Å²) in [5.41, 5.74) is 0.401. The van der Waals surface area contributed by atoms with Crippen LogP contribution in [-0.2, 0) is 24.7 Å². The largest absolute Gasteiger partial charge is 0.454 e. The van der Waals surface area contributed by atoms with Crippen LogP contribution in [0.15, 0.2) is 24.3 Å². The minimum absolute atomic E-state index is 0.0658. The fourth-order valence-corrected chi connectivity index (χ4v) is 4.28. The van der Waals surface area contributed by atoms with E-state index < -0.39 is 36.6 Å². The molecule has 4 amide bonds. The van der Waals surface area contributed by atoms with Crippen LogP contribution in [0.4, 0.5) is 4.79 Å². The van der Waals surface area contributed by atoms with Crippen molar-refractivity contribution in [1.82, 2.24) is 15.5 Å². The molecule has 1 saturated heterocycles. The maximum atomic E-state index is 12.9. The Labute approximate surface area is 182 Å². The smallest absolute Gasteiger partial charge is 0.326 e. The van der Waals surface area contributed by atoms with Crippen molar-refractivity contribution < 1.29 is 23.9 Å². The van der Waals surface area contributed by atoms with Gasteiger partial charge in [0, 0.05) is 6.04 Å². The number of rotatable bonds is 6.